The fraction of sp³-hybridized carbons (Fsp3) is 0.286. The molecule has 0 saturated carbocycles. The molecule has 1 aliphatic rings. The van der Waals surface area contributed by atoms with Crippen LogP contribution in [0.4, 0.5) is 0 Å². The van der Waals surface area contributed by atoms with Crippen LogP contribution in [-0.4, -0.2) is 34.4 Å². The van der Waals surface area contributed by atoms with Crippen molar-refractivity contribution in [3.63, 3.8) is 0 Å². The lowest BCUT2D eigenvalue weighted by Gasteiger charge is -2.21. The molecular formula is C21H21N3O3. The maximum atomic E-state index is 12.8. The molecule has 6 heteroatoms. The fourth-order valence-electron chi connectivity index (χ4n) is 3.44. The normalized spacial score (nSPS) is 16.5. The SMILES string of the molecule is COc1cccc(Cc2cnc([C@H]3CCCN3C(=O)c3ccccn3)o2)c1. The summed E-state index contributed by atoms with van der Waals surface area (Å²) in [6.45, 7) is 0.688. The molecule has 1 atom stereocenters. The van der Waals surface area contributed by atoms with Crippen LogP contribution in [0.5, 0.6) is 5.75 Å². The summed E-state index contributed by atoms with van der Waals surface area (Å²) in [6.07, 6.45) is 5.78. The molecule has 1 aliphatic heterocycles. The number of amides is 1. The lowest BCUT2D eigenvalue weighted by molar-refractivity contribution is 0.0708. The van der Waals surface area contributed by atoms with Crippen LogP contribution in [0.15, 0.2) is 59.3 Å². The second kappa shape index (κ2) is 7.61. The van der Waals surface area contributed by atoms with E-state index in [2.05, 4.69) is 9.97 Å². The monoisotopic (exact) mass is 363 g/mol. The van der Waals surface area contributed by atoms with Crippen molar-refractivity contribution in [3.8, 4) is 5.75 Å². The Labute approximate surface area is 157 Å². The van der Waals surface area contributed by atoms with Crippen molar-refractivity contribution in [2.45, 2.75) is 25.3 Å². The third kappa shape index (κ3) is 3.69. The van der Waals surface area contributed by atoms with E-state index in [1.807, 2.05) is 35.2 Å². The van der Waals surface area contributed by atoms with Gasteiger partial charge in [-0.1, -0.05) is 18.2 Å². The Morgan fingerprint density at radius 3 is 3.00 bits per heavy atom. The highest BCUT2D eigenvalue weighted by atomic mass is 16.5. The van der Waals surface area contributed by atoms with Crippen LogP contribution in [0.2, 0.25) is 0 Å². The van der Waals surface area contributed by atoms with Gasteiger partial charge in [0.15, 0.2) is 0 Å². The lowest BCUT2D eigenvalue weighted by atomic mass is 10.1. The summed E-state index contributed by atoms with van der Waals surface area (Å²) in [5.41, 5.74) is 1.54. The molecule has 138 valence electrons. The minimum atomic E-state index is -0.140. The molecule has 0 N–H and O–H groups in total. The van der Waals surface area contributed by atoms with E-state index < -0.39 is 0 Å². The maximum absolute atomic E-state index is 12.8. The summed E-state index contributed by atoms with van der Waals surface area (Å²) in [7, 11) is 1.65. The molecule has 1 fully saturated rings. The smallest absolute Gasteiger partial charge is 0.273 e. The van der Waals surface area contributed by atoms with Crippen molar-refractivity contribution in [1.82, 2.24) is 14.9 Å². The first-order chi connectivity index (χ1) is 13.2. The van der Waals surface area contributed by atoms with Gasteiger partial charge >= 0.3 is 0 Å². The number of ether oxygens (including phenoxy) is 1. The molecule has 27 heavy (non-hydrogen) atoms. The number of oxazole rings is 1. The van der Waals surface area contributed by atoms with E-state index in [-0.39, 0.29) is 11.9 Å². The Morgan fingerprint density at radius 2 is 2.19 bits per heavy atom. The first-order valence-electron chi connectivity index (χ1n) is 9.04. The van der Waals surface area contributed by atoms with Crippen molar-refractivity contribution in [3.05, 3.63) is 77.8 Å². The molecule has 2 aromatic heterocycles. The highest BCUT2D eigenvalue weighted by Gasteiger charge is 2.34. The quantitative estimate of drug-likeness (QED) is 0.692. The van der Waals surface area contributed by atoms with Gasteiger partial charge in [0.05, 0.1) is 13.3 Å². The van der Waals surface area contributed by atoms with Crippen LogP contribution in [0.25, 0.3) is 0 Å². The molecule has 3 heterocycles. The molecule has 4 rings (SSSR count). The maximum Gasteiger partial charge on any atom is 0.273 e. The number of carbonyl (C=O) groups is 1. The summed E-state index contributed by atoms with van der Waals surface area (Å²) < 4.78 is 11.3. The Bertz CT molecular complexity index is 923. The van der Waals surface area contributed by atoms with Gasteiger partial charge in [-0.3, -0.25) is 9.78 Å². The average molecular weight is 363 g/mol. The molecule has 0 unspecified atom stereocenters. The molecule has 6 nitrogen and oxygen atoms in total. The van der Waals surface area contributed by atoms with Crippen LogP contribution >= 0.6 is 0 Å². The van der Waals surface area contributed by atoms with Crippen LogP contribution in [0, 0.1) is 0 Å². The number of hydrogen-bond donors (Lipinski definition) is 0. The van der Waals surface area contributed by atoms with E-state index in [1.165, 1.54) is 0 Å². The number of likely N-dealkylation sites (tertiary alicyclic amines) is 1. The predicted octanol–water partition coefficient (Wildman–Crippen LogP) is 3.65. The minimum absolute atomic E-state index is 0.0781. The zero-order valence-corrected chi connectivity index (χ0v) is 15.2. The minimum Gasteiger partial charge on any atom is -0.497 e. The summed E-state index contributed by atoms with van der Waals surface area (Å²) in [5, 5.41) is 0. The number of nitrogens with zero attached hydrogens (tertiary/aromatic N) is 3. The first kappa shape index (κ1) is 17.3. The molecule has 0 bridgehead atoms. The number of rotatable bonds is 5. The Balaban J connectivity index is 1.51. The topological polar surface area (TPSA) is 68.5 Å². The number of methoxy groups -OCH3 is 1. The zero-order valence-electron chi connectivity index (χ0n) is 15.2. The van der Waals surface area contributed by atoms with E-state index in [1.54, 1.807) is 31.6 Å². The average Bonchev–Trinajstić information content (AvgIpc) is 3.37. The largest absolute Gasteiger partial charge is 0.497 e. The van der Waals surface area contributed by atoms with Crippen LogP contribution in [0.3, 0.4) is 0 Å². The van der Waals surface area contributed by atoms with Crippen molar-refractivity contribution < 1.29 is 13.9 Å². The van der Waals surface area contributed by atoms with Crippen LogP contribution in [0.1, 0.15) is 46.6 Å². The zero-order chi connectivity index (χ0) is 18.6. The number of carbonyl (C=O) groups excluding carboxylic acids is 1. The lowest BCUT2D eigenvalue weighted by Crippen LogP contribution is -2.31. The summed E-state index contributed by atoms with van der Waals surface area (Å²) >= 11 is 0. The van der Waals surface area contributed by atoms with Crippen molar-refractivity contribution >= 4 is 5.91 Å². The molecule has 1 amide bonds. The molecular weight excluding hydrogens is 342 g/mol. The summed E-state index contributed by atoms with van der Waals surface area (Å²) in [4.78, 5) is 23.2. The number of hydrogen-bond acceptors (Lipinski definition) is 5. The van der Waals surface area contributed by atoms with Gasteiger partial charge in [-0.15, -0.1) is 0 Å². The fourth-order valence-corrected chi connectivity index (χ4v) is 3.44. The Hall–Kier alpha value is -3.15. The van der Waals surface area contributed by atoms with Crippen molar-refractivity contribution in [2.24, 2.45) is 0 Å². The van der Waals surface area contributed by atoms with E-state index in [9.17, 15) is 4.79 Å². The van der Waals surface area contributed by atoms with E-state index >= 15 is 0 Å². The highest BCUT2D eigenvalue weighted by Crippen LogP contribution is 2.33. The van der Waals surface area contributed by atoms with Gasteiger partial charge in [0, 0.05) is 19.2 Å². The second-order valence-electron chi connectivity index (χ2n) is 6.56. The Morgan fingerprint density at radius 1 is 1.26 bits per heavy atom. The van der Waals surface area contributed by atoms with Gasteiger partial charge in [-0.05, 0) is 42.7 Å². The van der Waals surface area contributed by atoms with Crippen molar-refractivity contribution in [1.29, 1.82) is 0 Å². The Kier molecular flexibility index (Phi) is 4.87. The summed E-state index contributed by atoms with van der Waals surface area (Å²) in [5.74, 6) is 2.10. The summed E-state index contributed by atoms with van der Waals surface area (Å²) in [6, 6.07) is 13.1. The third-order valence-corrected chi connectivity index (χ3v) is 4.77. The third-order valence-electron chi connectivity index (χ3n) is 4.77. The molecule has 1 aromatic carbocycles. The molecule has 0 spiro atoms. The van der Waals surface area contributed by atoms with Crippen LogP contribution < -0.4 is 4.74 Å². The standard InChI is InChI=1S/C21H21N3O3/c1-26-16-7-4-6-15(12-16)13-17-14-23-20(27-17)19-9-5-11-24(19)21(25)18-8-2-3-10-22-18/h2-4,6-8,10,12,14,19H,5,9,11,13H2,1H3/t19-/m1/s1. The van der Waals surface area contributed by atoms with Gasteiger partial charge in [0.25, 0.3) is 5.91 Å². The van der Waals surface area contributed by atoms with E-state index in [0.29, 0.717) is 24.6 Å². The van der Waals surface area contributed by atoms with Gasteiger partial charge in [-0.2, -0.15) is 0 Å². The highest BCUT2D eigenvalue weighted by molar-refractivity contribution is 5.92. The van der Waals surface area contributed by atoms with Gasteiger partial charge in [0.1, 0.15) is 23.2 Å². The molecule has 0 aliphatic carbocycles. The number of benzene rings is 1. The first-order valence-corrected chi connectivity index (χ1v) is 9.04. The van der Waals surface area contributed by atoms with E-state index in [4.69, 9.17) is 9.15 Å². The van der Waals surface area contributed by atoms with Gasteiger partial charge in [0.2, 0.25) is 5.89 Å². The van der Waals surface area contributed by atoms with Gasteiger partial charge < -0.3 is 14.1 Å². The molecule has 1 saturated heterocycles. The molecule has 0 radical (unpaired) electrons. The van der Waals surface area contributed by atoms with Crippen LogP contribution in [-0.2, 0) is 6.42 Å². The van der Waals surface area contributed by atoms with Gasteiger partial charge in [-0.25, -0.2) is 4.98 Å². The second-order valence-corrected chi connectivity index (χ2v) is 6.56. The van der Waals surface area contributed by atoms with Crippen molar-refractivity contribution in [2.75, 3.05) is 13.7 Å². The predicted molar refractivity (Wildman–Crippen MR) is 99.6 cm³/mol. The van der Waals surface area contributed by atoms with E-state index in [0.717, 1.165) is 29.9 Å². The number of aromatic nitrogens is 2. The molecule has 3 aromatic rings. The number of pyridine rings is 1.